The predicted molar refractivity (Wildman–Crippen MR) is 65.0 cm³/mol. The molecule has 0 aliphatic carbocycles. The zero-order valence-corrected chi connectivity index (χ0v) is 9.96. The van der Waals surface area contributed by atoms with Gasteiger partial charge in [-0.1, -0.05) is 13.8 Å². The van der Waals surface area contributed by atoms with Crippen molar-refractivity contribution in [1.82, 2.24) is 25.3 Å². The standard InChI is InChI=1S/C12H15N5/c1-9(2)16-8-10-4-7-15-12(17-10)11-13-5-3-6-14-11/h3-7,9,16H,8H2,1-2H3. The lowest BCUT2D eigenvalue weighted by Gasteiger charge is -2.07. The van der Waals surface area contributed by atoms with Gasteiger partial charge in [0.05, 0.1) is 5.69 Å². The van der Waals surface area contributed by atoms with E-state index in [0.717, 1.165) is 12.2 Å². The summed E-state index contributed by atoms with van der Waals surface area (Å²) >= 11 is 0. The number of nitrogens with zero attached hydrogens (tertiary/aromatic N) is 4. The Balaban J connectivity index is 2.17. The molecule has 0 amide bonds. The monoisotopic (exact) mass is 229 g/mol. The predicted octanol–water partition coefficient (Wildman–Crippen LogP) is 1.43. The lowest BCUT2D eigenvalue weighted by atomic mass is 10.3. The Hall–Kier alpha value is -1.88. The number of hydrogen-bond acceptors (Lipinski definition) is 5. The van der Waals surface area contributed by atoms with Crippen molar-refractivity contribution >= 4 is 0 Å². The van der Waals surface area contributed by atoms with E-state index in [4.69, 9.17) is 0 Å². The summed E-state index contributed by atoms with van der Waals surface area (Å²) in [6.45, 7) is 4.92. The number of rotatable bonds is 4. The van der Waals surface area contributed by atoms with Gasteiger partial charge < -0.3 is 5.32 Å². The summed E-state index contributed by atoms with van der Waals surface area (Å²) in [5.74, 6) is 1.12. The summed E-state index contributed by atoms with van der Waals surface area (Å²) in [6, 6.07) is 4.09. The Morgan fingerprint density at radius 2 is 1.76 bits per heavy atom. The van der Waals surface area contributed by atoms with E-state index in [0.29, 0.717) is 17.7 Å². The van der Waals surface area contributed by atoms with Crippen LogP contribution in [0.3, 0.4) is 0 Å². The fourth-order valence-corrected chi connectivity index (χ4v) is 1.33. The van der Waals surface area contributed by atoms with Crippen molar-refractivity contribution in [2.45, 2.75) is 26.4 Å². The first-order valence-corrected chi connectivity index (χ1v) is 5.58. The number of nitrogens with one attached hydrogen (secondary N) is 1. The summed E-state index contributed by atoms with van der Waals surface area (Å²) in [7, 11) is 0. The molecule has 0 saturated carbocycles. The van der Waals surface area contributed by atoms with Crippen LogP contribution in [0.1, 0.15) is 19.5 Å². The molecule has 2 aromatic heterocycles. The van der Waals surface area contributed by atoms with E-state index in [1.807, 2.05) is 6.07 Å². The van der Waals surface area contributed by atoms with Gasteiger partial charge in [0, 0.05) is 31.2 Å². The van der Waals surface area contributed by atoms with Crippen molar-refractivity contribution in [3.05, 3.63) is 36.4 Å². The fraction of sp³-hybridized carbons (Fsp3) is 0.333. The first-order chi connectivity index (χ1) is 8.25. The van der Waals surface area contributed by atoms with Gasteiger partial charge in [0.15, 0.2) is 11.6 Å². The van der Waals surface area contributed by atoms with Gasteiger partial charge in [-0.2, -0.15) is 0 Å². The highest BCUT2D eigenvalue weighted by Crippen LogP contribution is 2.07. The molecular weight excluding hydrogens is 214 g/mol. The molecule has 17 heavy (non-hydrogen) atoms. The van der Waals surface area contributed by atoms with Crippen LogP contribution in [-0.2, 0) is 6.54 Å². The van der Waals surface area contributed by atoms with E-state index in [1.165, 1.54) is 0 Å². The van der Waals surface area contributed by atoms with Gasteiger partial charge in [0.2, 0.25) is 0 Å². The zero-order valence-electron chi connectivity index (χ0n) is 9.96. The van der Waals surface area contributed by atoms with Gasteiger partial charge >= 0.3 is 0 Å². The van der Waals surface area contributed by atoms with E-state index in [-0.39, 0.29) is 0 Å². The summed E-state index contributed by atoms with van der Waals surface area (Å²) in [5, 5.41) is 3.31. The molecule has 2 rings (SSSR count). The lowest BCUT2D eigenvalue weighted by molar-refractivity contribution is 0.581. The molecule has 0 unspecified atom stereocenters. The molecule has 0 fully saturated rings. The van der Waals surface area contributed by atoms with Gasteiger partial charge in [-0.15, -0.1) is 0 Å². The average molecular weight is 229 g/mol. The molecule has 88 valence electrons. The normalized spacial score (nSPS) is 10.8. The summed E-state index contributed by atoms with van der Waals surface area (Å²) in [4.78, 5) is 16.8. The minimum Gasteiger partial charge on any atom is -0.309 e. The molecule has 0 radical (unpaired) electrons. The Kier molecular flexibility index (Phi) is 3.72. The maximum absolute atomic E-state index is 4.42. The van der Waals surface area contributed by atoms with Gasteiger partial charge in [-0.05, 0) is 12.1 Å². The minimum atomic E-state index is 0.432. The van der Waals surface area contributed by atoms with Crippen LogP contribution in [0.5, 0.6) is 0 Å². The first-order valence-electron chi connectivity index (χ1n) is 5.58. The third-order valence-electron chi connectivity index (χ3n) is 2.17. The Morgan fingerprint density at radius 3 is 2.47 bits per heavy atom. The number of hydrogen-bond donors (Lipinski definition) is 1. The second-order valence-corrected chi connectivity index (χ2v) is 3.98. The highest BCUT2D eigenvalue weighted by atomic mass is 15.0. The molecule has 0 spiro atoms. The van der Waals surface area contributed by atoms with Crippen LogP contribution in [0.15, 0.2) is 30.7 Å². The highest BCUT2D eigenvalue weighted by Gasteiger charge is 2.04. The summed E-state index contributed by atoms with van der Waals surface area (Å²) in [6.07, 6.45) is 5.10. The van der Waals surface area contributed by atoms with Gasteiger partial charge in [0.25, 0.3) is 0 Å². The summed E-state index contributed by atoms with van der Waals surface area (Å²) in [5.41, 5.74) is 0.941. The molecule has 0 aliphatic rings. The van der Waals surface area contributed by atoms with Crippen LogP contribution in [0.4, 0.5) is 0 Å². The number of aromatic nitrogens is 4. The van der Waals surface area contributed by atoms with Gasteiger partial charge in [0.1, 0.15) is 0 Å². The van der Waals surface area contributed by atoms with E-state index >= 15 is 0 Å². The maximum atomic E-state index is 4.42. The van der Waals surface area contributed by atoms with E-state index in [9.17, 15) is 0 Å². The molecule has 0 bridgehead atoms. The first kappa shape index (κ1) is 11.6. The fourth-order valence-electron chi connectivity index (χ4n) is 1.33. The van der Waals surface area contributed by atoms with E-state index < -0.39 is 0 Å². The van der Waals surface area contributed by atoms with Crippen molar-refractivity contribution in [3.63, 3.8) is 0 Å². The molecule has 0 aliphatic heterocycles. The molecule has 2 heterocycles. The molecule has 1 N–H and O–H groups in total. The van der Waals surface area contributed by atoms with Crippen LogP contribution in [-0.4, -0.2) is 26.0 Å². The molecule has 0 saturated heterocycles. The van der Waals surface area contributed by atoms with Crippen LogP contribution in [0.2, 0.25) is 0 Å². The van der Waals surface area contributed by atoms with E-state index in [2.05, 4.69) is 39.1 Å². The minimum absolute atomic E-state index is 0.432. The molecule has 2 aromatic rings. The van der Waals surface area contributed by atoms with Crippen LogP contribution >= 0.6 is 0 Å². The van der Waals surface area contributed by atoms with Crippen molar-refractivity contribution in [3.8, 4) is 11.6 Å². The molecular formula is C12H15N5. The van der Waals surface area contributed by atoms with Crippen molar-refractivity contribution in [1.29, 1.82) is 0 Å². The topological polar surface area (TPSA) is 63.6 Å². The van der Waals surface area contributed by atoms with Crippen LogP contribution < -0.4 is 5.32 Å². The van der Waals surface area contributed by atoms with Crippen molar-refractivity contribution < 1.29 is 0 Å². The lowest BCUT2D eigenvalue weighted by Crippen LogP contribution is -2.22. The quantitative estimate of drug-likeness (QED) is 0.859. The Bertz CT molecular complexity index is 469. The smallest absolute Gasteiger partial charge is 0.197 e. The Labute approximate surface area is 100 Å². The van der Waals surface area contributed by atoms with Crippen molar-refractivity contribution in [2.75, 3.05) is 0 Å². The van der Waals surface area contributed by atoms with Gasteiger partial charge in [-0.3, -0.25) is 0 Å². The second-order valence-electron chi connectivity index (χ2n) is 3.98. The molecule has 5 nitrogen and oxygen atoms in total. The van der Waals surface area contributed by atoms with E-state index in [1.54, 1.807) is 24.7 Å². The second kappa shape index (κ2) is 5.45. The molecule has 0 atom stereocenters. The Morgan fingerprint density at radius 1 is 1.06 bits per heavy atom. The van der Waals surface area contributed by atoms with Crippen molar-refractivity contribution in [2.24, 2.45) is 0 Å². The van der Waals surface area contributed by atoms with Crippen LogP contribution in [0, 0.1) is 0 Å². The van der Waals surface area contributed by atoms with Crippen LogP contribution in [0.25, 0.3) is 11.6 Å². The zero-order chi connectivity index (χ0) is 12.1. The SMILES string of the molecule is CC(C)NCc1ccnc(-c2ncccn2)n1. The molecule has 0 aromatic carbocycles. The van der Waals surface area contributed by atoms with Gasteiger partial charge in [-0.25, -0.2) is 19.9 Å². The third-order valence-corrected chi connectivity index (χ3v) is 2.17. The molecule has 5 heteroatoms. The maximum Gasteiger partial charge on any atom is 0.197 e. The average Bonchev–Trinajstić information content (AvgIpc) is 2.38. The third kappa shape index (κ3) is 3.29. The largest absolute Gasteiger partial charge is 0.309 e. The summed E-state index contributed by atoms with van der Waals surface area (Å²) < 4.78 is 0. The highest BCUT2D eigenvalue weighted by molar-refractivity contribution is 5.41.